The molecule has 0 radical (unpaired) electrons. The van der Waals surface area contributed by atoms with Crippen molar-refractivity contribution in [1.82, 2.24) is 0 Å². The third kappa shape index (κ3) is 7.63. The molecule has 0 N–H and O–H groups in total. The molecular formula is C26H26BrNiP. The third-order valence-corrected chi connectivity index (χ3v) is 6.88. The van der Waals surface area contributed by atoms with Crippen molar-refractivity contribution in [3.8, 4) is 0 Å². The van der Waals surface area contributed by atoms with Crippen LogP contribution < -0.4 is 32.9 Å². The molecule has 0 saturated heterocycles. The van der Waals surface area contributed by atoms with Crippen LogP contribution in [0.4, 0.5) is 0 Å². The zero-order valence-electron chi connectivity index (χ0n) is 17.0. The van der Waals surface area contributed by atoms with Crippen LogP contribution >= 0.6 is 7.92 Å². The van der Waals surface area contributed by atoms with Gasteiger partial charge in [0.2, 0.25) is 0 Å². The van der Waals surface area contributed by atoms with Gasteiger partial charge in [-0.1, -0.05) is 89.5 Å². The molecular weight excluding hydrogens is 482 g/mol. The van der Waals surface area contributed by atoms with Gasteiger partial charge in [-0.3, -0.25) is 0 Å². The van der Waals surface area contributed by atoms with E-state index in [-0.39, 0.29) is 33.5 Å². The molecule has 4 rings (SSSR count). The smallest absolute Gasteiger partial charge is 1.00 e. The fourth-order valence-electron chi connectivity index (χ4n) is 2.85. The molecule has 0 spiro atoms. The Hall–Kier alpha value is -1.59. The summed E-state index contributed by atoms with van der Waals surface area (Å²) in [5.41, 5.74) is 3.93. The summed E-state index contributed by atoms with van der Waals surface area (Å²) in [6, 6.07) is 37.0. The van der Waals surface area contributed by atoms with Gasteiger partial charge in [0.1, 0.15) is 0 Å². The number of rotatable bonds is 3. The first-order valence-corrected chi connectivity index (χ1v) is 10.6. The maximum absolute atomic E-state index is 2.28. The van der Waals surface area contributed by atoms with Crippen LogP contribution in [0.15, 0.2) is 103 Å². The van der Waals surface area contributed by atoms with E-state index in [2.05, 4.69) is 93.6 Å². The van der Waals surface area contributed by atoms with Gasteiger partial charge in [0.25, 0.3) is 0 Å². The maximum Gasteiger partial charge on any atom is 2.00 e. The fraction of sp³-hybridized carbons (Fsp3) is 0.115. The molecule has 0 heterocycles. The van der Waals surface area contributed by atoms with Crippen LogP contribution in [0.5, 0.6) is 0 Å². The molecule has 0 aliphatic heterocycles. The minimum atomic E-state index is -0.483. The summed E-state index contributed by atoms with van der Waals surface area (Å²) >= 11 is 0. The van der Waals surface area contributed by atoms with Crippen molar-refractivity contribution in [3.63, 3.8) is 0 Å². The predicted octanol–water partition coefficient (Wildman–Crippen LogP) is 2.78. The summed E-state index contributed by atoms with van der Waals surface area (Å²) < 4.78 is 0. The van der Waals surface area contributed by atoms with Gasteiger partial charge in [-0.25, -0.2) is 12.1 Å². The van der Waals surface area contributed by atoms with Crippen molar-refractivity contribution in [2.45, 2.75) is 20.8 Å². The van der Waals surface area contributed by atoms with Crippen LogP contribution in [-0.4, -0.2) is 0 Å². The number of aryl methyl sites for hydroxylation is 3. The van der Waals surface area contributed by atoms with Gasteiger partial charge in [0.05, 0.1) is 0 Å². The molecule has 29 heavy (non-hydrogen) atoms. The van der Waals surface area contributed by atoms with Crippen LogP contribution in [-0.2, 0) is 16.5 Å². The molecule has 0 aliphatic carbocycles. The Kier molecular flexibility index (Phi) is 11.3. The van der Waals surface area contributed by atoms with Crippen molar-refractivity contribution in [3.05, 3.63) is 120 Å². The SMILES string of the molecule is Cc1ccc(P(c2ccc(C)cc2)c2ccc(C)cc2)cc1.[Br-].[Ni+2].c1cc[cH-]c1. The molecule has 3 heteroatoms. The molecule has 4 aromatic rings. The summed E-state index contributed by atoms with van der Waals surface area (Å²) in [6.45, 7) is 6.43. The quantitative estimate of drug-likeness (QED) is 0.227. The Morgan fingerprint density at radius 2 is 0.793 bits per heavy atom. The fourth-order valence-corrected chi connectivity index (χ4v) is 5.09. The van der Waals surface area contributed by atoms with Gasteiger partial charge >= 0.3 is 16.5 Å². The van der Waals surface area contributed by atoms with Gasteiger partial charge < -0.3 is 17.0 Å². The van der Waals surface area contributed by atoms with Crippen LogP contribution in [0.25, 0.3) is 0 Å². The van der Waals surface area contributed by atoms with Gasteiger partial charge in [0.15, 0.2) is 0 Å². The molecule has 0 aliphatic rings. The van der Waals surface area contributed by atoms with Gasteiger partial charge in [0, 0.05) is 0 Å². The zero-order chi connectivity index (χ0) is 19.1. The molecule has 0 aromatic heterocycles. The van der Waals surface area contributed by atoms with Crippen molar-refractivity contribution >= 4 is 23.8 Å². The summed E-state index contributed by atoms with van der Waals surface area (Å²) in [5, 5.41) is 4.23. The molecule has 4 aromatic carbocycles. The van der Waals surface area contributed by atoms with E-state index in [0.717, 1.165) is 0 Å². The average molecular weight is 508 g/mol. The number of hydrogen-bond acceptors (Lipinski definition) is 0. The molecule has 0 amide bonds. The topological polar surface area (TPSA) is 0 Å². The number of benzene rings is 3. The first-order valence-electron chi connectivity index (χ1n) is 9.30. The summed E-state index contributed by atoms with van der Waals surface area (Å²) in [5.74, 6) is 0. The minimum absolute atomic E-state index is 0. The predicted molar refractivity (Wildman–Crippen MR) is 121 cm³/mol. The average Bonchev–Trinajstić information content (AvgIpc) is 3.27. The molecule has 0 bridgehead atoms. The van der Waals surface area contributed by atoms with Crippen molar-refractivity contribution < 1.29 is 33.5 Å². The Morgan fingerprint density at radius 3 is 1.00 bits per heavy atom. The van der Waals surface area contributed by atoms with E-state index in [4.69, 9.17) is 0 Å². The van der Waals surface area contributed by atoms with Crippen LogP contribution in [0.3, 0.4) is 0 Å². The third-order valence-electron chi connectivity index (χ3n) is 4.43. The standard InChI is InChI=1S/C21H21P.C5H5.BrH.Ni/c1-16-4-10-19(11-5-16)22(20-12-6-17(2)7-13-20)21-14-8-18(3)9-15-21;1-2-4-5-3-1;;/h4-15H,1-3H3;1-5H;1H;/q;-1;;+2/p-1. The van der Waals surface area contributed by atoms with Crippen molar-refractivity contribution in [2.75, 3.05) is 0 Å². The maximum atomic E-state index is 2.28. The Balaban J connectivity index is 0.000000527. The van der Waals surface area contributed by atoms with E-state index in [1.807, 2.05) is 30.3 Å². The monoisotopic (exact) mass is 506 g/mol. The molecule has 0 atom stereocenters. The molecule has 0 saturated carbocycles. The molecule has 152 valence electrons. The Bertz CT molecular complexity index is 802. The second-order valence-electron chi connectivity index (χ2n) is 6.80. The minimum Gasteiger partial charge on any atom is -1.00 e. The normalized spacial score (nSPS) is 9.66. The van der Waals surface area contributed by atoms with E-state index in [0.29, 0.717) is 0 Å². The van der Waals surface area contributed by atoms with E-state index in [1.165, 1.54) is 32.6 Å². The summed E-state index contributed by atoms with van der Waals surface area (Å²) in [7, 11) is -0.483. The summed E-state index contributed by atoms with van der Waals surface area (Å²) in [6.07, 6.45) is 0. The van der Waals surface area contributed by atoms with Crippen molar-refractivity contribution in [2.24, 2.45) is 0 Å². The molecule has 0 nitrogen and oxygen atoms in total. The largest absolute Gasteiger partial charge is 2.00 e. The van der Waals surface area contributed by atoms with E-state index in [1.54, 1.807) is 0 Å². The van der Waals surface area contributed by atoms with Gasteiger partial charge in [-0.05, 0) is 44.6 Å². The number of halogens is 1. The van der Waals surface area contributed by atoms with Gasteiger partial charge in [-0.15, -0.1) is 0 Å². The van der Waals surface area contributed by atoms with E-state index < -0.39 is 7.92 Å². The van der Waals surface area contributed by atoms with Crippen LogP contribution in [0, 0.1) is 20.8 Å². The van der Waals surface area contributed by atoms with Crippen LogP contribution in [0.2, 0.25) is 0 Å². The second-order valence-corrected chi connectivity index (χ2v) is 9.02. The second kappa shape index (κ2) is 12.9. The van der Waals surface area contributed by atoms with Crippen molar-refractivity contribution in [1.29, 1.82) is 0 Å². The number of hydrogen-bond donors (Lipinski definition) is 0. The van der Waals surface area contributed by atoms with E-state index in [9.17, 15) is 0 Å². The Labute approximate surface area is 197 Å². The molecule has 0 unspecified atom stereocenters. The first-order chi connectivity index (χ1) is 13.1. The van der Waals surface area contributed by atoms with Crippen LogP contribution in [0.1, 0.15) is 16.7 Å². The zero-order valence-corrected chi connectivity index (χ0v) is 20.4. The first kappa shape index (κ1) is 25.4. The summed E-state index contributed by atoms with van der Waals surface area (Å²) in [4.78, 5) is 0. The molecule has 0 fully saturated rings. The van der Waals surface area contributed by atoms with E-state index >= 15 is 0 Å². The Morgan fingerprint density at radius 1 is 0.517 bits per heavy atom. The van der Waals surface area contributed by atoms with Gasteiger partial charge in [-0.2, -0.15) is 18.2 Å².